The highest BCUT2D eigenvalue weighted by atomic mass is 16.5. The standard InChI is InChI=1S/C27H38N4O5/c1-34-25-5-3-2-4-24(25)31-14-10-28(11-15-31)18-21-20-36-27(33)23(26(21)32)19-29-8-12-30(13-9-29)22-6-16-35-17-7-22/h2-5,20,22,32H,6-19H2,1H3. The van der Waals surface area contributed by atoms with Gasteiger partial charge in [0.15, 0.2) is 0 Å². The van der Waals surface area contributed by atoms with E-state index in [1.165, 1.54) is 6.26 Å². The van der Waals surface area contributed by atoms with E-state index in [0.717, 1.165) is 89.9 Å². The molecule has 1 aromatic heterocycles. The molecule has 1 aromatic carbocycles. The molecule has 0 unspecified atom stereocenters. The van der Waals surface area contributed by atoms with Gasteiger partial charge in [-0.15, -0.1) is 0 Å². The van der Waals surface area contributed by atoms with E-state index in [9.17, 15) is 9.90 Å². The van der Waals surface area contributed by atoms with E-state index in [4.69, 9.17) is 13.9 Å². The molecule has 4 heterocycles. The van der Waals surface area contributed by atoms with Gasteiger partial charge in [0.1, 0.15) is 17.8 Å². The summed E-state index contributed by atoms with van der Waals surface area (Å²) in [6.45, 7) is 9.82. The van der Waals surface area contributed by atoms with Crippen LogP contribution in [0.2, 0.25) is 0 Å². The summed E-state index contributed by atoms with van der Waals surface area (Å²) in [5.41, 5.74) is 1.72. The number of para-hydroxylation sites is 2. The van der Waals surface area contributed by atoms with E-state index in [2.05, 4.69) is 25.7 Å². The summed E-state index contributed by atoms with van der Waals surface area (Å²) in [5, 5.41) is 11.0. The predicted molar refractivity (Wildman–Crippen MR) is 138 cm³/mol. The summed E-state index contributed by atoms with van der Waals surface area (Å²) < 4.78 is 16.4. The lowest BCUT2D eigenvalue weighted by Crippen LogP contribution is -2.51. The lowest BCUT2D eigenvalue weighted by atomic mass is 10.1. The second-order valence-electron chi connectivity index (χ2n) is 9.97. The van der Waals surface area contributed by atoms with Gasteiger partial charge in [0.25, 0.3) is 0 Å². The number of nitrogens with zero attached hydrogens (tertiary/aromatic N) is 4. The number of anilines is 1. The Morgan fingerprint density at radius 3 is 2.33 bits per heavy atom. The fraction of sp³-hybridized carbons (Fsp3) is 0.593. The van der Waals surface area contributed by atoms with E-state index in [-0.39, 0.29) is 5.75 Å². The van der Waals surface area contributed by atoms with Crippen LogP contribution in [0.4, 0.5) is 5.69 Å². The minimum atomic E-state index is -0.441. The zero-order chi connectivity index (χ0) is 24.9. The Labute approximate surface area is 212 Å². The van der Waals surface area contributed by atoms with Crippen molar-refractivity contribution < 1.29 is 19.0 Å². The lowest BCUT2D eigenvalue weighted by molar-refractivity contribution is 0.0123. The molecule has 0 radical (unpaired) electrons. The molecular formula is C27H38N4O5. The number of benzene rings is 1. The molecule has 0 atom stereocenters. The average molecular weight is 499 g/mol. The third-order valence-electron chi connectivity index (χ3n) is 7.83. The molecule has 0 aliphatic carbocycles. The predicted octanol–water partition coefficient (Wildman–Crippen LogP) is 1.97. The van der Waals surface area contributed by atoms with Crippen LogP contribution in [0.25, 0.3) is 0 Å². The Morgan fingerprint density at radius 2 is 1.61 bits per heavy atom. The highest BCUT2D eigenvalue weighted by Crippen LogP contribution is 2.29. The van der Waals surface area contributed by atoms with E-state index in [0.29, 0.717) is 30.3 Å². The largest absolute Gasteiger partial charge is 0.507 e. The molecule has 0 spiro atoms. The average Bonchev–Trinajstić information content (AvgIpc) is 2.94. The molecule has 9 nitrogen and oxygen atoms in total. The molecule has 0 bridgehead atoms. The first kappa shape index (κ1) is 25.1. The van der Waals surface area contributed by atoms with Crippen molar-refractivity contribution in [2.45, 2.75) is 32.0 Å². The number of hydrogen-bond acceptors (Lipinski definition) is 9. The highest BCUT2D eigenvalue weighted by Gasteiger charge is 2.27. The Kier molecular flexibility index (Phi) is 8.11. The van der Waals surface area contributed by atoms with Crippen LogP contribution in [0.5, 0.6) is 11.5 Å². The van der Waals surface area contributed by atoms with Gasteiger partial charge in [0.2, 0.25) is 0 Å². The normalized spacial score (nSPS) is 21.1. The van der Waals surface area contributed by atoms with Crippen molar-refractivity contribution in [2.24, 2.45) is 0 Å². The maximum absolute atomic E-state index is 12.5. The third-order valence-corrected chi connectivity index (χ3v) is 7.83. The van der Waals surface area contributed by atoms with Crippen molar-refractivity contribution in [1.29, 1.82) is 0 Å². The van der Waals surface area contributed by atoms with Crippen LogP contribution in [-0.2, 0) is 17.8 Å². The van der Waals surface area contributed by atoms with Crippen molar-refractivity contribution in [3.05, 3.63) is 52.1 Å². The Morgan fingerprint density at radius 1 is 0.944 bits per heavy atom. The van der Waals surface area contributed by atoms with Crippen LogP contribution in [0.1, 0.15) is 24.0 Å². The van der Waals surface area contributed by atoms with Crippen molar-refractivity contribution in [1.82, 2.24) is 14.7 Å². The first-order valence-corrected chi connectivity index (χ1v) is 13.1. The van der Waals surface area contributed by atoms with Gasteiger partial charge < -0.3 is 23.9 Å². The number of hydrogen-bond donors (Lipinski definition) is 1. The van der Waals surface area contributed by atoms with Gasteiger partial charge in [-0.25, -0.2) is 4.79 Å². The summed E-state index contributed by atoms with van der Waals surface area (Å²) >= 11 is 0. The first-order chi connectivity index (χ1) is 17.6. The Hall–Kier alpha value is -2.59. The number of ether oxygens (including phenoxy) is 2. The van der Waals surface area contributed by atoms with Crippen LogP contribution in [-0.4, -0.2) is 98.5 Å². The molecule has 3 aliphatic rings. The topological polar surface area (TPSA) is 81.9 Å². The monoisotopic (exact) mass is 498 g/mol. The van der Waals surface area contributed by atoms with E-state index >= 15 is 0 Å². The van der Waals surface area contributed by atoms with Crippen LogP contribution in [0.3, 0.4) is 0 Å². The number of piperazine rings is 2. The molecular weight excluding hydrogens is 460 g/mol. The van der Waals surface area contributed by atoms with Gasteiger partial charge in [-0.05, 0) is 25.0 Å². The maximum atomic E-state index is 12.5. The summed E-state index contributed by atoms with van der Waals surface area (Å²) in [5.74, 6) is 0.969. The molecule has 36 heavy (non-hydrogen) atoms. The lowest BCUT2D eigenvalue weighted by Gasteiger charge is -2.40. The van der Waals surface area contributed by atoms with Gasteiger partial charge in [-0.2, -0.15) is 0 Å². The van der Waals surface area contributed by atoms with E-state index in [1.54, 1.807) is 7.11 Å². The van der Waals surface area contributed by atoms with Crippen molar-refractivity contribution in [3.8, 4) is 11.5 Å². The number of methoxy groups -OCH3 is 1. The number of rotatable bonds is 7. The van der Waals surface area contributed by atoms with Crippen molar-refractivity contribution in [3.63, 3.8) is 0 Å². The summed E-state index contributed by atoms with van der Waals surface area (Å²) in [6, 6.07) is 8.68. The first-order valence-electron chi connectivity index (χ1n) is 13.1. The minimum absolute atomic E-state index is 0.0882. The zero-order valence-corrected chi connectivity index (χ0v) is 21.2. The zero-order valence-electron chi connectivity index (χ0n) is 21.2. The van der Waals surface area contributed by atoms with Gasteiger partial charge in [0.05, 0.1) is 18.4 Å². The van der Waals surface area contributed by atoms with E-state index < -0.39 is 5.63 Å². The SMILES string of the molecule is COc1ccccc1N1CCN(Cc2coc(=O)c(CN3CCN(C4CCOCC4)CC3)c2O)CC1. The van der Waals surface area contributed by atoms with Gasteiger partial charge >= 0.3 is 5.63 Å². The smallest absolute Gasteiger partial charge is 0.343 e. The molecule has 2 aromatic rings. The van der Waals surface area contributed by atoms with Gasteiger partial charge in [-0.1, -0.05) is 12.1 Å². The summed E-state index contributed by atoms with van der Waals surface area (Å²) in [6.07, 6.45) is 3.62. The summed E-state index contributed by atoms with van der Waals surface area (Å²) in [7, 11) is 1.70. The third kappa shape index (κ3) is 5.70. The van der Waals surface area contributed by atoms with Crippen LogP contribution >= 0.6 is 0 Å². The fourth-order valence-electron chi connectivity index (χ4n) is 5.63. The molecule has 5 rings (SSSR count). The number of aromatic hydroxyl groups is 1. The fourth-order valence-corrected chi connectivity index (χ4v) is 5.63. The highest BCUT2D eigenvalue weighted by molar-refractivity contribution is 5.58. The molecule has 1 N–H and O–H groups in total. The molecule has 0 saturated carbocycles. The molecule has 3 aliphatic heterocycles. The summed E-state index contributed by atoms with van der Waals surface area (Å²) in [4.78, 5) is 21.9. The van der Waals surface area contributed by atoms with Crippen LogP contribution in [0, 0.1) is 0 Å². The molecule has 196 valence electrons. The molecule has 9 heteroatoms. The molecule has 3 fully saturated rings. The molecule has 0 amide bonds. The van der Waals surface area contributed by atoms with Crippen LogP contribution < -0.4 is 15.3 Å². The van der Waals surface area contributed by atoms with Gasteiger partial charge in [0, 0.05) is 90.3 Å². The second kappa shape index (κ2) is 11.6. The second-order valence-corrected chi connectivity index (χ2v) is 9.97. The van der Waals surface area contributed by atoms with Gasteiger partial charge in [-0.3, -0.25) is 14.7 Å². The van der Waals surface area contributed by atoms with E-state index in [1.807, 2.05) is 18.2 Å². The quantitative estimate of drug-likeness (QED) is 0.616. The maximum Gasteiger partial charge on any atom is 0.343 e. The minimum Gasteiger partial charge on any atom is -0.507 e. The Bertz CT molecular complexity index is 1050. The molecule has 3 saturated heterocycles. The van der Waals surface area contributed by atoms with Crippen molar-refractivity contribution in [2.75, 3.05) is 77.6 Å². The van der Waals surface area contributed by atoms with Crippen LogP contribution in [0.15, 0.2) is 39.7 Å². The Balaban J connectivity index is 1.17. The van der Waals surface area contributed by atoms with Crippen molar-refractivity contribution >= 4 is 5.69 Å².